The highest BCUT2D eigenvalue weighted by Crippen LogP contribution is 2.41. The summed E-state index contributed by atoms with van der Waals surface area (Å²) in [6.07, 6.45) is 0.692. The first-order valence-corrected chi connectivity index (χ1v) is 7.35. The molecule has 1 nitrogen and oxygen atoms in total. The first-order chi connectivity index (χ1) is 10.4. The van der Waals surface area contributed by atoms with Crippen LogP contribution in [0, 0.1) is 19.3 Å². The second-order valence-electron chi connectivity index (χ2n) is 4.63. The van der Waals surface area contributed by atoms with E-state index < -0.39 is 11.7 Å². The molecule has 0 fully saturated rings. The lowest BCUT2D eigenvalue weighted by Crippen LogP contribution is -2.08. The number of nitrogens with one attached hydrogen (secondary N) is 1. The van der Waals surface area contributed by atoms with E-state index in [9.17, 15) is 13.2 Å². The molecule has 0 unspecified atom stereocenters. The Labute approximate surface area is 131 Å². The molecule has 0 aliphatic carbocycles. The van der Waals surface area contributed by atoms with Gasteiger partial charge in [0.2, 0.25) is 0 Å². The smallest absolute Gasteiger partial charge is 0.374 e. The zero-order valence-electron chi connectivity index (χ0n) is 11.9. The Morgan fingerprint density at radius 2 is 1.86 bits per heavy atom. The molecular formula is C17H14F3NS. The van der Waals surface area contributed by atoms with Crippen molar-refractivity contribution < 1.29 is 13.2 Å². The van der Waals surface area contributed by atoms with Gasteiger partial charge in [-0.3, -0.25) is 0 Å². The Kier molecular flexibility index (Phi) is 5.04. The van der Waals surface area contributed by atoms with Crippen LogP contribution < -0.4 is 5.32 Å². The van der Waals surface area contributed by atoms with E-state index in [1.807, 2.05) is 31.2 Å². The van der Waals surface area contributed by atoms with E-state index in [1.54, 1.807) is 6.07 Å². The summed E-state index contributed by atoms with van der Waals surface area (Å²) in [5.41, 5.74) is 0.636. The molecule has 0 aliphatic rings. The fraction of sp³-hybridized carbons (Fsp3) is 0.176. The highest BCUT2D eigenvalue weighted by molar-refractivity contribution is 7.99. The van der Waals surface area contributed by atoms with Crippen LogP contribution in [0.5, 0.6) is 0 Å². The zero-order chi connectivity index (χ0) is 16.2. The molecule has 0 atom stereocenters. The van der Waals surface area contributed by atoms with Gasteiger partial charge in [-0.25, -0.2) is 0 Å². The maximum Gasteiger partial charge on any atom is 0.417 e. The largest absolute Gasteiger partial charge is 0.417 e. The van der Waals surface area contributed by atoms with Crippen molar-refractivity contribution in [1.29, 1.82) is 0 Å². The van der Waals surface area contributed by atoms with E-state index in [-0.39, 0.29) is 11.4 Å². The average Bonchev–Trinajstić information content (AvgIpc) is 2.47. The van der Waals surface area contributed by atoms with E-state index in [4.69, 9.17) is 6.42 Å². The molecule has 0 saturated heterocycles. The van der Waals surface area contributed by atoms with Crippen molar-refractivity contribution in [2.45, 2.75) is 22.9 Å². The summed E-state index contributed by atoms with van der Waals surface area (Å²) in [6, 6.07) is 11.5. The van der Waals surface area contributed by atoms with Gasteiger partial charge in [-0.2, -0.15) is 13.2 Å². The monoisotopic (exact) mass is 321 g/mol. The summed E-state index contributed by atoms with van der Waals surface area (Å²) in [6.45, 7) is 2.06. The molecule has 0 heterocycles. The van der Waals surface area contributed by atoms with Crippen LogP contribution in [0.2, 0.25) is 0 Å². The summed E-state index contributed by atoms with van der Waals surface area (Å²) < 4.78 is 39.8. The third-order valence-corrected chi connectivity index (χ3v) is 4.25. The van der Waals surface area contributed by atoms with Crippen molar-refractivity contribution >= 4 is 17.4 Å². The van der Waals surface area contributed by atoms with Gasteiger partial charge in [0.15, 0.2) is 0 Å². The van der Waals surface area contributed by atoms with Gasteiger partial charge in [0, 0.05) is 15.5 Å². The molecule has 0 amide bonds. The van der Waals surface area contributed by atoms with Crippen molar-refractivity contribution in [3.8, 4) is 12.3 Å². The van der Waals surface area contributed by atoms with Gasteiger partial charge in [0.05, 0.1) is 12.1 Å². The third-order valence-electron chi connectivity index (χ3n) is 2.99. The molecule has 5 heteroatoms. The second-order valence-corrected chi connectivity index (χ2v) is 5.72. The van der Waals surface area contributed by atoms with E-state index in [0.717, 1.165) is 28.3 Å². The van der Waals surface area contributed by atoms with Crippen LogP contribution in [0.3, 0.4) is 0 Å². The molecule has 0 radical (unpaired) electrons. The number of anilines is 1. The molecule has 0 saturated carbocycles. The highest BCUT2D eigenvalue weighted by atomic mass is 32.2. The minimum absolute atomic E-state index is 0.174. The average molecular weight is 321 g/mol. The first kappa shape index (κ1) is 16.3. The van der Waals surface area contributed by atoms with Gasteiger partial charge >= 0.3 is 6.18 Å². The number of benzene rings is 2. The lowest BCUT2D eigenvalue weighted by Gasteiger charge is -2.15. The lowest BCUT2D eigenvalue weighted by molar-refractivity contribution is -0.139. The van der Waals surface area contributed by atoms with Crippen molar-refractivity contribution in [3.05, 3.63) is 53.6 Å². The summed E-state index contributed by atoms with van der Waals surface area (Å²) in [5, 5.41) is 2.76. The van der Waals surface area contributed by atoms with Crippen LogP contribution >= 0.6 is 11.8 Å². The number of aryl methyl sites for hydroxylation is 1. The van der Waals surface area contributed by atoms with Gasteiger partial charge in [-0.1, -0.05) is 35.9 Å². The van der Waals surface area contributed by atoms with Crippen LogP contribution in [0.25, 0.3) is 0 Å². The molecule has 2 aromatic rings. The van der Waals surface area contributed by atoms with Crippen LogP contribution in [0.15, 0.2) is 52.3 Å². The van der Waals surface area contributed by atoms with Crippen molar-refractivity contribution in [2.75, 3.05) is 11.9 Å². The van der Waals surface area contributed by atoms with Crippen molar-refractivity contribution in [2.24, 2.45) is 0 Å². The number of terminal acetylenes is 1. The summed E-state index contributed by atoms with van der Waals surface area (Å²) in [7, 11) is 0. The van der Waals surface area contributed by atoms with Gasteiger partial charge in [-0.15, -0.1) is 6.42 Å². The number of alkyl halides is 3. The number of rotatable bonds is 4. The summed E-state index contributed by atoms with van der Waals surface area (Å²) in [4.78, 5) is 0.977. The molecule has 22 heavy (non-hydrogen) atoms. The van der Waals surface area contributed by atoms with E-state index in [2.05, 4.69) is 11.2 Å². The number of hydrogen-bond donors (Lipinski definition) is 1. The fourth-order valence-electron chi connectivity index (χ4n) is 1.89. The van der Waals surface area contributed by atoms with E-state index in [1.165, 1.54) is 6.07 Å². The number of hydrogen-bond acceptors (Lipinski definition) is 2. The van der Waals surface area contributed by atoms with Gasteiger partial charge in [-0.05, 0) is 36.8 Å². The van der Waals surface area contributed by atoms with Gasteiger partial charge < -0.3 is 5.32 Å². The Morgan fingerprint density at radius 3 is 2.50 bits per heavy atom. The Bertz CT molecular complexity index is 702. The molecular weight excluding hydrogens is 307 g/mol. The normalized spacial score (nSPS) is 11.0. The molecule has 0 spiro atoms. The first-order valence-electron chi connectivity index (χ1n) is 6.54. The molecule has 0 aromatic heterocycles. The molecule has 0 aliphatic heterocycles. The van der Waals surface area contributed by atoms with Crippen molar-refractivity contribution in [3.63, 3.8) is 0 Å². The summed E-state index contributed by atoms with van der Waals surface area (Å²) in [5.74, 6) is 2.34. The highest BCUT2D eigenvalue weighted by Gasteiger charge is 2.34. The number of halogens is 3. The quantitative estimate of drug-likeness (QED) is 0.776. The Morgan fingerprint density at radius 1 is 1.14 bits per heavy atom. The van der Waals surface area contributed by atoms with Crippen LogP contribution in [0.4, 0.5) is 18.9 Å². The van der Waals surface area contributed by atoms with Gasteiger partial charge in [0.25, 0.3) is 0 Å². The second kappa shape index (κ2) is 6.80. The maximum atomic E-state index is 13.3. The molecule has 2 aromatic carbocycles. The lowest BCUT2D eigenvalue weighted by atomic mass is 10.2. The summed E-state index contributed by atoms with van der Waals surface area (Å²) >= 11 is 1.11. The predicted molar refractivity (Wildman–Crippen MR) is 84.1 cm³/mol. The van der Waals surface area contributed by atoms with E-state index >= 15 is 0 Å². The van der Waals surface area contributed by atoms with Crippen LogP contribution in [-0.4, -0.2) is 6.54 Å². The van der Waals surface area contributed by atoms with Crippen molar-refractivity contribution in [1.82, 2.24) is 0 Å². The maximum absolute atomic E-state index is 13.3. The zero-order valence-corrected chi connectivity index (χ0v) is 12.7. The molecule has 0 bridgehead atoms. The molecule has 114 valence electrons. The van der Waals surface area contributed by atoms with Gasteiger partial charge in [0.1, 0.15) is 0 Å². The molecule has 1 N–H and O–H groups in total. The third kappa shape index (κ3) is 3.99. The van der Waals surface area contributed by atoms with Crippen LogP contribution in [0.1, 0.15) is 11.1 Å². The topological polar surface area (TPSA) is 12.0 Å². The standard InChI is InChI=1S/C17H14F3NS/c1-3-10-21-13-8-9-16(14(11-13)17(18,19)20)22-15-7-5-4-6-12(15)2/h1,4-9,11,21H,10H2,2H3. The minimum Gasteiger partial charge on any atom is -0.374 e. The molecule has 2 rings (SSSR count). The SMILES string of the molecule is C#CCNc1ccc(Sc2ccccc2C)c(C(F)(F)F)c1. The fourth-order valence-corrected chi connectivity index (χ4v) is 2.93. The predicted octanol–water partition coefficient (Wildman–Crippen LogP) is 5.21. The Hall–Kier alpha value is -2.06. The minimum atomic E-state index is -4.42. The van der Waals surface area contributed by atoms with E-state index in [0.29, 0.717) is 5.69 Å². The van der Waals surface area contributed by atoms with Crippen LogP contribution in [-0.2, 0) is 6.18 Å². The Balaban J connectivity index is 2.38.